The highest BCUT2D eigenvalue weighted by Gasteiger charge is 2.08. The number of halogens is 1. The molecule has 5 nitrogen and oxygen atoms in total. The van der Waals surface area contributed by atoms with Crippen LogP contribution in [-0.4, -0.2) is 44.3 Å². The van der Waals surface area contributed by atoms with Crippen molar-refractivity contribution in [2.75, 3.05) is 27.8 Å². The van der Waals surface area contributed by atoms with Crippen LogP contribution in [0.2, 0.25) is 0 Å². The van der Waals surface area contributed by atoms with Gasteiger partial charge >= 0.3 is 0 Å². The van der Waals surface area contributed by atoms with E-state index in [2.05, 4.69) is 55.0 Å². The monoisotopic (exact) mass is 447 g/mol. The molecule has 0 amide bonds. The third kappa shape index (κ3) is 10.1. The van der Waals surface area contributed by atoms with Crippen LogP contribution in [0.5, 0.6) is 11.5 Å². The van der Waals surface area contributed by atoms with E-state index >= 15 is 0 Å². The lowest BCUT2D eigenvalue weighted by Gasteiger charge is -2.19. The molecular weight excluding hydrogens is 410 g/mol. The third-order valence-electron chi connectivity index (χ3n) is 5.08. The molecule has 6 heteroatoms. The molecule has 0 saturated carbocycles. The number of hydrogen-bond acceptors (Lipinski definition) is 5. The van der Waals surface area contributed by atoms with E-state index in [1.54, 1.807) is 20.3 Å². The molecule has 0 aliphatic carbocycles. The summed E-state index contributed by atoms with van der Waals surface area (Å²) >= 11 is 6.07. The van der Waals surface area contributed by atoms with Crippen LogP contribution in [0.1, 0.15) is 45.6 Å². The first-order valence-corrected chi connectivity index (χ1v) is 11.1. The Morgan fingerprint density at radius 1 is 1.26 bits per heavy atom. The Bertz CT molecular complexity index is 787. The average Bonchev–Trinajstić information content (AvgIpc) is 2.78. The summed E-state index contributed by atoms with van der Waals surface area (Å²) in [5.74, 6) is 1.50. The Morgan fingerprint density at radius 2 is 1.97 bits per heavy atom. The van der Waals surface area contributed by atoms with Crippen LogP contribution in [0.15, 0.2) is 58.9 Å². The molecule has 0 saturated heterocycles. The summed E-state index contributed by atoms with van der Waals surface area (Å²) in [6.07, 6.45) is 8.27. The smallest absolute Gasteiger partial charge is 0.161 e. The van der Waals surface area contributed by atoms with Gasteiger partial charge in [-0.1, -0.05) is 30.7 Å². The maximum atomic E-state index is 6.07. The van der Waals surface area contributed by atoms with Crippen molar-refractivity contribution in [1.82, 2.24) is 10.3 Å². The summed E-state index contributed by atoms with van der Waals surface area (Å²) in [6.45, 7) is 11.8. The van der Waals surface area contributed by atoms with Gasteiger partial charge in [-0.05, 0) is 57.0 Å². The molecule has 0 spiro atoms. The van der Waals surface area contributed by atoms with Crippen molar-refractivity contribution < 1.29 is 9.47 Å². The zero-order valence-electron chi connectivity index (χ0n) is 19.9. The first kappa shape index (κ1) is 26.8. The highest BCUT2D eigenvalue weighted by atomic mass is 35.5. The topological polar surface area (TPSA) is 46.1 Å². The van der Waals surface area contributed by atoms with E-state index in [9.17, 15) is 0 Å². The maximum absolute atomic E-state index is 6.07. The fraction of sp³-hybridized carbons (Fsp3) is 0.480. The maximum Gasteiger partial charge on any atom is 0.161 e. The lowest BCUT2D eigenvalue weighted by Crippen LogP contribution is -2.22. The largest absolute Gasteiger partial charge is 0.493 e. The number of hydrogen-bond donors (Lipinski definition) is 1. The molecular formula is C25H38ClN3O2. The van der Waals surface area contributed by atoms with Gasteiger partial charge in [0.15, 0.2) is 11.5 Å². The van der Waals surface area contributed by atoms with Gasteiger partial charge in [0, 0.05) is 31.4 Å². The summed E-state index contributed by atoms with van der Waals surface area (Å²) in [6, 6.07) is 6.04. The van der Waals surface area contributed by atoms with Crippen LogP contribution < -0.4 is 14.9 Å². The number of benzene rings is 1. The van der Waals surface area contributed by atoms with Gasteiger partial charge < -0.3 is 14.4 Å². The minimum Gasteiger partial charge on any atom is -0.493 e. The van der Waals surface area contributed by atoms with Crippen molar-refractivity contribution in [3.63, 3.8) is 0 Å². The van der Waals surface area contributed by atoms with E-state index in [1.807, 2.05) is 25.3 Å². The first-order chi connectivity index (χ1) is 14.8. The number of rotatable bonds is 14. The minimum absolute atomic E-state index is 0.0460. The van der Waals surface area contributed by atoms with E-state index in [4.69, 9.17) is 21.1 Å². The Labute approximate surface area is 193 Å². The summed E-state index contributed by atoms with van der Waals surface area (Å²) in [5, 5.41) is 4.38. The predicted octanol–water partition coefficient (Wildman–Crippen LogP) is 5.91. The first-order valence-electron chi connectivity index (χ1n) is 10.6. The van der Waals surface area contributed by atoms with Gasteiger partial charge in [0.2, 0.25) is 0 Å². The van der Waals surface area contributed by atoms with Crippen LogP contribution in [0.25, 0.3) is 0 Å². The highest BCUT2D eigenvalue weighted by molar-refractivity contribution is 6.21. The second-order valence-electron chi connectivity index (χ2n) is 7.60. The Balaban J connectivity index is 2.67. The lowest BCUT2D eigenvalue weighted by molar-refractivity contribution is 0.324. The highest BCUT2D eigenvalue weighted by Crippen LogP contribution is 2.28. The van der Waals surface area contributed by atoms with Gasteiger partial charge in [0.05, 0.1) is 19.6 Å². The Hall–Kier alpha value is -2.24. The molecule has 172 valence electrons. The molecule has 1 rings (SSSR count). The number of nitrogens with zero attached hydrogens (tertiary/aromatic N) is 2. The Kier molecular flexibility index (Phi) is 12.7. The molecule has 0 radical (unpaired) electrons. The van der Waals surface area contributed by atoms with Gasteiger partial charge in [0.25, 0.3) is 0 Å². The summed E-state index contributed by atoms with van der Waals surface area (Å²) < 4.78 is 10.7. The summed E-state index contributed by atoms with van der Waals surface area (Å²) in [4.78, 5) is 2.29. The van der Waals surface area contributed by atoms with Gasteiger partial charge in [0.1, 0.15) is 0 Å². The van der Waals surface area contributed by atoms with Crippen LogP contribution in [0.3, 0.4) is 0 Å². The zero-order valence-corrected chi connectivity index (χ0v) is 20.6. The van der Waals surface area contributed by atoms with Gasteiger partial charge in [-0.25, -0.2) is 0 Å². The Morgan fingerprint density at radius 3 is 2.58 bits per heavy atom. The van der Waals surface area contributed by atoms with Crippen LogP contribution in [-0.2, 0) is 6.54 Å². The molecule has 1 aromatic rings. The number of ether oxygens (including phenoxy) is 2. The fourth-order valence-corrected chi connectivity index (χ4v) is 3.00. The standard InChI is InChI=1S/C25H38ClN3O2/c1-8-20(4)23(28-27-17-19(3)10-12-22(26)9-2)14-15-29(5)18-21-11-13-24(30-6)25(16-21)31-7/h9-11,13,16-17,22,28H,2,8,12,14-15,18H2,1,3-7H3/b19-10+,23-20+,27-17+. The number of hydrazone groups is 1. The summed E-state index contributed by atoms with van der Waals surface area (Å²) in [7, 11) is 5.43. The predicted molar refractivity (Wildman–Crippen MR) is 133 cm³/mol. The minimum atomic E-state index is -0.0460. The van der Waals surface area contributed by atoms with Crippen LogP contribution in [0.4, 0.5) is 0 Å². The van der Waals surface area contributed by atoms with Crippen molar-refractivity contribution in [2.45, 2.75) is 52.0 Å². The molecule has 1 atom stereocenters. The quantitative estimate of drug-likeness (QED) is 0.166. The van der Waals surface area contributed by atoms with E-state index < -0.39 is 0 Å². The molecule has 0 aromatic heterocycles. The molecule has 1 aromatic carbocycles. The van der Waals surface area contributed by atoms with Crippen molar-refractivity contribution in [3.05, 3.63) is 59.3 Å². The molecule has 0 aliphatic rings. The lowest BCUT2D eigenvalue weighted by atomic mass is 10.1. The fourth-order valence-electron chi connectivity index (χ4n) is 2.91. The second kappa shape index (κ2) is 14.7. The van der Waals surface area contributed by atoms with Crippen molar-refractivity contribution in [3.8, 4) is 11.5 Å². The molecule has 0 fully saturated rings. The van der Waals surface area contributed by atoms with Crippen molar-refractivity contribution in [1.29, 1.82) is 0 Å². The normalized spacial score (nSPS) is 13.9. The van der Waals surface area contributed by atoms with Crippen LogP contribution >= 0.6 is 11.6 Å². The van der Waals surface area contributed by atoms with Crippen molar-refractivity contribution >= 4 is 17.8 Å². The molecule has 1 unspecified atom stereocenters. The number of methoxy groups -OCH3 is 2. The van der Waals surface area contributed by atoms with E-state index in [0.29, 0.717) is 0 Å². The molecule has 0 heterocycles. The van der Waals surface area contributed by atoms with Gasteiger partial charge in [-0.2, -0.15) is 5.10 Å². The SMILES string of the molecule is C=CC(Cl)C/C=C(C)/C=N/N/C(CCN(C)Cc1ccc(OC)c(OC)c1)=C(\C)CC. The van der Waals surface area contributed by atoms with Crippen molar-refractivity contribution in [2.24, 2.45) is 5.10 Å². The molecule has 0 bridgehead atoms. The zero-order chi connectivity index (χ0) is 23.2. The van der Waals surface area contributed by atoms with Gasteiger partial charge in [-0.3, -0.25) is 5.43 Å². The molecule has 1 N–H and O–H groups in total. The third-order valence-corrected chi connectivity index (χ3v) is 5.43. The van der Waals surface area contributed by atoms with Crippen LogP contribution in [0, 0.1) is 0 Å². The molecule has 0 aliphatic heterocycles. The van der Waals surface area contributed by atoms with E-state index in [1.165, 1.54) is 11.1 Å². The number of nitrogens with one attached hydrogen (secondary N) is 1. The van der Waals surface area contributed by atoms with Gasteiger partial charge in [-0.15, -0.1) is 18.2 Å². The average molecular weight is 448 g/mol. The van der Waals surface area contributed by atoms with E-state index in [0.717, 1.165) is 55.1 Å². The second-order valence-corrected chi connectivity index (χ2v) is 8.16. The number of allylic oxidation sites excluding steroid dienone is 4. The number of alkyl halides is 1. The van der Waals surface area contributed by atoms with E-state index in [-0.39, 0.29) is 5.38 Å². The molecule has 31 heavy (non-hydrogen) atoms. The summed E-state index contributed by atoms with van der Waals surface area (Å²) in [5.41, 5.74) is 7.97.